The van der Waals surface area contributed by atoms with Gasteiger partial charge in [-0.2, -0.15) is 0 Å². The van der Waals surface area contributed by atoms with E-state index in [0.29, 0.717) is 0 Å². The Morgan fingerprint density at radius 1 is 1.27 bits per heavy atom. The van der Waals surface area contributed by atoms with E-state index in [-0.39, 0.29) is 5.91 Å². The third kappa shape index (κ3) is 2.89. The van der Waals surface area contributed by atoms with Crippen LogP contribution in [0.3, 0.4) is 0 Å². The lowest BCUT2D eigenvalue weighted by atomic mass is 9.99. The van der Waals surface area contributed by atoms with Gasteiger partial charge in [0.25, 0.3) is 0 Å². The first-order chi connectivity index (χ1) is 10.7. The number of aryl methyl sites for hydroxylation is 2. The highest BCUT2D eigenvalue weighted by atomic mass is 16.1. The van der Waals surface area contributed by atoms with Gasteiger partial charge in [-0.15, -0.1) is 0 Å². The zero-order chi connectivity index (χ0) is 15.5. The summed E-state index contributed by atoms with van der Waals surface area (Å²) < 4.78 is 0. The maximum atomic E-state index is 11.5. The Bertz CT molecular complexity index is 721. The monoisotopic (exact) mass is 292 g/mol. The lowest BCUT2D eigenvalue weighted by Gasteiger charge is -2.32. The maximum Gasteiger partial charge on any atom is 0.247 e. The number of nitrogens with zero attached hydrogens (tertiary/aromatic N) is 1. The Kier molecular flexibility index (Phi) is 3.96. The van der Waals surface area contributed by atoms with Crippen LogP contribution in [-0.4, -0.2) is 12.5 Å². The molecule has 0 saturated carbocycles. The molecule has 1 aliphatic rings. The van der Waals surface area contributed by atoms with Crippen LogP contribution in [0, 0.1) is 6.92 Å². The SMILES string of the molecule is C=CC(=O)Nc1cccc(N2CCCc3ccc(C)cc32)c1. The van der Waals surface area contributed by atoms with Crippen LogP contribution in [0.5, 0.6) is 0 Å². The lowest BCUT2D eigenvalue weighted by molar-refractivity contribution is -0.111. The topological polar surface area (TPSA) is 32.3 Å². The van der Waals surface area contributed by atoms with E-state index in [1.54, 1.807) is 0 Å². The second-order valence-corrected chi connectivity index (χ2v) is 5.63. The summed E-state index contributed by atoms with van der Waals surface area (Å²) in [6.45, 7) is 6.60. The lowest BCUT2D eigenvalue weighted by Crippen LogP contribution is -2.24. The van der Waals surface area contributed by atoms with E-state index in [4.69, 9.17) is 0 Å². The molecule has 0 aliphatic carbocycles. The quantitative estimate of drug-likeness (QED) is 0.860. The number of anilines is 3. The molecule has 3 rings (SSSR count). The second kappa shape index (κ2) is 6.06. The zero-order valence-electron chi connectivity index (χ0n) is 12.8. The van der Waals surface area contributed by atoms with Crippen LogP contribution in [0.25, 0.3) is 0 Å². The van der Waals surface area contributed by atoms with Crippen molar-refractivity contribution >= 4 is 23.0 Å². The van der Waals surface area contributed by atoms with E-state index in [0.717, 1.165) is 30.8 Å². The molecule has 0 fully saturated rings. The third-order valence-corrected chi connectivity index (χ3v) is 3.97. The molecule has 3 nitrogen and oxygen atoms in total. The first-order valence-electron chi connectivity index (χ1n) is 7.58. The van der Waals surface area contributed by atoms with Crippen LogP contribution in [0.4, 0.5) is 17.1 Å². The number of carbonyl (C=O) groups excluding carboxylic acids is 1. The first-order valence-corrected chi connectivity index (χ1v) is 7.58. The van der Waals surface area contributed by atoms with Crippen molar-refractivity contribution in [3.63, 3.8) is 0 Å². The minimum atomic E-state index is -0.188. The Balaban J connectivity index is 1.95. The summed E-state index contributed by atoms with van der Waals surface area (Å²) in [5.74, 6) is -0.188. The predicted octanol–water partition coefficient (Wildman–Crippen LogP) is 4.20. The Labute approximate surface area is 131 Å². The number of carbonyl (C=O) groups is 1. The molecule has 1 aliphatic heterocycles. The zero-order valence-corrected chi connectivity index (χ0v) is 12.8. The summed E-state index contributed by atoms with van der Waals surface area (Å²) in [6, 6.07) is 14.6. The van der Waals surface area contributed by atoms with Gasteiger partial charge in [0.15, 0.2) is 0 Å². The fourth-order valence-corrected chi connectivity index (χ4v) is 2.90. The van der Waals surface area contributed by atoms with E-state index in [1.165, 1.54) is 22.9 Å². The van der Waals surface area contributed by atoms with Crippen molar-refractivity contribution in [1.29, 1.82) is 0 Å². The van der Waals surface area contributed by atoms with Crippen LogP contribution in [0.2, 0.25) is 0 Å². The van der Waals surface area contributed by atoms with E-state index >= 15 is 0 Å². The number of hydrogen-bond acceptors (Lipinski definition) is 2. The number of rotatable bonds is 3. The number of nitrogens with one attached hydrogen (secondary N) is 1. The molecule has 2 aromatic carbocycles. The van der Waals surface area contributed by atoms with Crippen molar-refractivity contribution in [2.45, 2.75) is 19.8 Å². The molecule has 112 valence electrons. The maximum absolute atomic E-state index is 11.5. The molecule has 0 bridgehead atoms. The average molecular weight is 292 g/mol. The van der Waals surface area contributed by atoms with E-state index < -0.39 is 0 Å². The highest BCUT2D eigenvalue weighted by Crippen LogP contribution is 2.35. The first kappa shape index (κ1) is 14.4. The summed E-state index contributed by atoms with van der Waals surface area (Å²) in [4.78, 5) is 13.8. The minimum Gasteiger partial charge on any atom is -0.341 e. The molecule has 0 spiro atoms. The van der Waals surface area contributed by atoms with Crippen molar-refractivity contribution < 1.29 is 4.79 Å². The van der Waals surface area contributed by atoms with Gasteiger partial charge in [-0.1, -0.05) is 24.8 Å². The summed E-state index contributed by atoms with van der Waals surface area (Å²) in [5, 5.41) is 2.82. The van der Waals surface area contributed by atoms with Crippen molar-refractivity contribution in [3.8, 4) is 0 Å². The molecule has 0 aromatic heterocycles. The molecular formula is C19H20N2O. The van der Waals surface area contributed by atoms with Gasteiger partial charge in [0.1, 0.15) is 0 Å². The standard InChI is InChI=1S/C19H20N2O/c1-3-19(22)20-16-7-4-8-17(13-16)21-11-5-6-15-10-9-14(2)12-18(15)21/h3-4,7-10,12-13H,1,5-6,11H2,2H3,(H,20,22). The van der Waals surface area contributed by atoms with Gasteiger partial charge >= 0.3 is 0 Å². The van der Waals surface area contributed by atoms with Crippen molar-refractivity contribution in [1.82, 2.24) is 0 Å². The molecule has 0 radical (unpaired) electrons. The van der Waals surface area contributed by atoms with E-state index in [1.807, 2.05) is 18.2 Å². The van der Waals surface area contributed by atoms with Gasteiger partial charge < -0.3 is 10.2 Å². The summed E-state index contributed by atoms with van der Waals surface area (Å²) in [6.07, 6.45) is 3.55. The minimum absolute atomic E-state index is 0.188. The second-order valence-electron chi connectivity index (χ2n) is 5.63. The molecule has 3 heteroatoms. The van der Waals surface area contributed by atoms with Crippen molar-refractivity contribution in [2.75, 3.05) is 16.8 Å². The van der Waals surface area contributed by atoms with Gasteiger partial charge in [-0.05, 0) is 61.2 Å². The molecule has 0 saturated heterocycles. The third-order valence-electron chi connectivity index (χ3n) is 3.97. The Hall–Kier alpha value is -2.55. The average Bonchev–Trinajstić information content (AvgIpc) is 2.54. The van der Waals surface area contributed by atoms with Gasteiger partial charge in [0.05, 0.1) is 0 Å². The van der Waals surface area contributed by atoms with Crippen LogP contribution >= 0.6 is 0 Å². The number of hydrogen-bond donors (Lipinski definition) is 1. The highest BCUT2D eigenvalue weighted by Gasteiger charge is 2.18. The number of amides is 1. The van der Waals surface area contributed by atoms with Crippen LogP contribution in [-0.2, 0) is 11.2 Å². The van der Waals surface area contributed by atoms with Crippen LogP contribution in [0.1, 0.15) is 17.5 Å². The Morgan fingerprint density at radius 2 is 2.14 bits per heavy atom. The fraction of sp³-hybridized carbons (Fsp3) is 0.211. The molecular weight excluding hydrogens is 272 g/mol. The molecule has 0 atom stereocenters. The van der Waals surface area contributed by atoms with E-state index in [2.05, 4.69) is 48.0 Å². The number of fused-ring (bicyclic) bond motifs is 1. The van der Waals surface area contributed by atoms with Gasteiger partial charge in [0.2, 0.25) is 5.91 Å². The van der Waals surface area contributed by atoms with E-state index in [9.17, 15) is 4.79 Å². The van der Waals surface area contributed by atoms with Gasteiger partial charge in [-0.3, -0.25) is 4.79 Å². The summed E-state index contributed by atoms with van der Waals surface area (Å²) in [5.41, 5.74) is 5.83. The van der Waals surface area contributed by atoms with Crippen molar-refractivity contribution in [2.24, 2.45) is 0 Å². The Morgan fingerprint density at radius 3 is 2.95 bits per heavy atom. The molecule has 2 aromatic rings. The van der Waals surface area contributed by atoms with Gasteiger partial charge in [-0.25, -0.2) is 0 Å². The molecule has 1 heterocycles. The fourth-order valence-electron chi connectivity index (χ4n) is 2.90. The van der Waals surface area contributed by atoms with Crippen LogP contribution in [0.15, 0.2) is 55.1 Å². The molecule has 0 unspecified atom stereocenters. The molecule has 22 heavy (non-hydrogen) atoms. The van der Waals surface area contributed by atoms with Crippen LogP contribution < -0.4 is 10.2 Å². The molecule has 1 amide bonds. The molecule has 1 N–H and O–H groups in total. The normalized spacial score (nSPS) is 13.4. The summed E-state index contributed by atoms with van der Waals surface area (Å²) in [7, 11) is 0. The smallest absolute Gasteiger partial charge is 0.247 e. The largest absolute Gasteiger partial charge is 0.341 e. The number of benzene rings is 2. The predicted molar refractivity (Wildman–Crippen MR) is 91.8 cm³/mol. The van der Waals surface area contributed by atoms with Crippen molar-refractivity contribution in [3.05, 3.63) is 66.2 Å². The highest BCUT2D eigenvalue weighted by molar-refractivity contribution is 5.99. The van der Waals surface area contributed by atoms with Gasteiger partial charge in [0, 0.05) is 23.6 Å². The summed E-state index contributed by atoms with van der Waals surface area (Å²) >= 11 is 0.